The summed E-state index contributed by atoms with van der Waals surface area (Å²) in [6, 6.07) is 0. The van der Waals surface area contributed by atoms with E-state index in [2.05, 4.69) is 17.1 Å². The number of nitrogens with one attached hydrogen (secondary N) is 1. The van der Waals surface area contributed by atoms with E-state index in [4.69, 9.17) is 0 Å². The zero-order chi connectivity index (χ0) is 12.1. The van der Waals surface area contributed by atoms with E-state index < -0.39 is 0 Å². The van der Waals surface area contributed by atoms with Crippen molar-refractivity contribution in [2.75, 3.05) is 32.7 Å². The van der Waals surface area contributed by atoms with Gasteiger partial charge in [-0.3, -0.25) is 0 Å². The number of β-amino-alcohol motifs (C(OH)–C–C–N with tert-alkyl or cyclic N) is 1. The molecule has 0 radical (unpaired) electrons. The van der Waals surface area contributed by atoms with Crippen LogP contribution in [0.2, 0.25) is 0 Å². The molecule has 17 heavy (non-hydrogen) atoms. The summed E-state index contributed by atoms with van der Waals surface area (Å²) in [6.07, 6.45) is 7.60. The predicted molar refractivity (Wildman–Crippen MR) is 71.1 cm³/mol. The van der Waals surface area contributed by atoms with Crippen molar-refractivity contribution in [1.29, 1.82) is 0 Å². The molecule has 0 bridgehead atoms. The van der Waals surface area contributed by atoms with E-state index in [1.165, 1.54) is 45.2 Å². The number of aliphatic hydroxyl groups is 1. The second kappa shape index (κ2) is 6.17. The molecule has 3 heteroatoms. The monoisotopic (exact) mass is 240 g/mol. The number of hydrogen-bond acceptors (Lipinski definition) is 3. The van der Waals surface area contributed by atoms with Gasteiger partial charge < -0.3 is 15.3 Å². The molecule has 1 saturated carbocycles. The van der Waals surface area contributed by atoms with Gasteiger partial charge in [0.05, 0.1) is 6.10 Å². The second-order valence-electron chi connectivity index (χ2n) is 6.02. The molecule has 100 valence electrons. The lowest BCUT2D eigenvalue weighted by Gasteiger charge is -2.38. The second-order valence-corrected chi connectivity index (χ2v) is 6.02. The van der Waals surface area contributed by atoms with Gasteiger partial charge in [0.25, 0.3) is 0 Å². The summed E-state index contributed by atoms with van der Waals surface area (Å²) in [7, 11) is 0. The van der Waals surface area contributed by atoms with E-state index in [9.17, 15) is 5.11 Å². The average Bonchev–Trinajstić information content (AvgIpc) is 2.75. The number of hydrogen-bond donors (Lipinski definition) is 2. The Kier molecular flexibility index (Phi) is 4.83. The first-order valence-electron chi connectivity index (χ1n) is 7.35. The molecule has 1 saturated heterocycles. The highest BCUT2D eigenvalue weighted by Gasteiger charge is 2.35. The SMILES string of the molecule is CCNCC1(CN2CCCC(O)C2)CCCC1. The molecule has 2 aliphatic rings. The molecular weight excluding hydrogens is 212 g/mol. The van der Waals surface area contributed by atoms with Gasteiger partial charge in [0.2, 0.25) is 0 Å². The summed E-state index contributed by atoms with van der Waals surface area (Å²) in [5.41, 5.74) is 0.493. The van der Waals surface area contributed by atoms with Crippen molar-refractivity contribution in [3.8, 4) is 0 Å². The molecule has 0 aromatic rings. The summed E-state index contributed by atoms with van der Waals surface area (Å²) in [4.78, 5) is 2.50. The molecule has 3 nitrogen and oxygen atoms in total. The minimum absolute atomic E-state index is 0.0821. The summed E-state index contributed by atoms with van der Waals surface area (Å²) >= 11 is 0. The van der Waals surface area contributed by atoms with E-state index in [-0.39, 0.29) is 6.10 Å². The van der Waals surface area contributed by atoms with E-state index in [1.54, 1.807) is 0 Å². The first-order valence-corrected chi connectivity index (χ1v) is 7.35. The molecule has 0 amide bonds. The average molecular weight is 240 g/mol. The maximum absolute atomic E-state index is 9.76. The molecule has 1 unspecified atom stereocenters. The van der Waals surface area contributed by atoms with Crippen LogP contribution in [0.4, 0.5) is 0 Å². The fourth-order valence-corrected chi connectivity index (χ4v) is 3.56. The van der Waals surface area contributed by atoms with Crippen molar-refractivity contribution in [2.24, 2.45) is 5.41 Å². The van der Waals surface area contributed by atoms with Gasteiger partial charge in [-0.1, -0.05) is 19.8 Å². The van der Waals surface area contributed by atoms with Crippen LogP contribution < -0.4 is 5.32 Å². The molecule has 0 aromatic carbocycles. The molecule has 1 atom stereocenters. The molecule has 1 aliphatic heterocycles. The van der Waals surface area contributed by atoms with Gasteiger partial charge in [-0.05, 0) is 44.2 Å². The first kappa shape index (κ1) is 13.3. The number of likely N-dealkylation sites (tertiary alicyclic amines) is 1. The number of aliphatic hydroxyl groups excluding tert-OH is 1. The fraction of sp³-hybridized carbons (Fsp3) is 1.00. The van der Waals surface area contributed by atoms with Crippen LogP contribution in [-0.2, 0) is 0 Å². The van der Waals surface area contributed by atoms with Gasteiger partial charge in [-0.2, -0.15) is 0 Å². The van der Waals surface area contributed by atoms with Crippen LogP contribution in [0, 0.1) is 5.41 Å². The van der Waals surface area contributed by atoms with Gasteiger partial charge in [0, 0.05) is 19.6 Å². The third kappa shape index (κ3) is 3.67. The Morgan fingerprint density at radius 1 is 1.29 bits per heavy atom. The Labute approximate surface area is 106 Å². The van der Waals surface area contributed by atoms with Gasteiger partial charge in [-0.15, -0.1) is 0 Å². The maximum Gasteiger partial charge on any atom is 0.0667 e. The lowest BCUT2D eigenvalue weighted by Crippen LogP contribution is -2.47. The Morgan fingerprint density at radius 2 is 2.06 bits per heavy atom. The molecule has 1 heterocycles. The number of rotatable bonds is 5. The van der Waals surface area contributed by atoms with Crippen LogP contribution in [0.1, 0.15) is 45.4 Å². The molecule has 1 aliphatic carbocycles. The van der Waals surface area contributed by atoms with Crippen LogP contribution in [-0.4, -0.2) is 48.8 Å². The van der Waals surface area contributed by atoms with Crippen molar-refractivity contribution < 1.29 is 5.11 Å². The van der Waals surface area contributed by atoms with Gasteiger partial charge in [-0.25, -0.2) is 0 Å². The van der Waals surface area contributed by atoms with Crippen molar-refractivity contribution in [2.45, 2.75) is 51.6 Å². The molecular formula is C14H28N2O. The van der Waals surface area contributed by atoms with Gasteiger partial charge >= 0.3 is 0 Å². The Hall–Kier alpha value is -0.120. The fourth-order valence-electron chi connectivity index (χ4n) is 3.56. The van der Waals surface area contributed by atoms with Crippen LogP contribution in [0.15, 0.2) is 0 Å². The molecule has 0 spiro atoms. The summed E-state index contributed by atoms with van der Waals surface area (Å²) in [5.74, 6) is 0. The van der Waals surface area contributed by atoms with Crippen LogP contribution in [0.5, 0.6) is 0 Å². The molecule has 0 aromatic heterocycles. The van der Waals surface area contributed by atoms with Gasteiger partial charge in [0.1, 0.15) is 0 Å². The first-order chi connectivity index (χ1) is 8.24. The van der Waals surface area contributed by atoms with E-state index in [0.29, 0.717) is 5.41 Å². The lowest BCUT2D eigenvalue weighted by molar-refractivity contribution is 0.0439. The minimum atomic E-state index is -0.0821. The van der Waals surface area contributed by atoms with Crippen molar-refractivity contribution in [3.05, 3.63) is 0 Å². The third-order valence-corrected chi connectivity index (χ3v) is 4.45. The Morgan fingerprint density at radius 3 is 2.71 bits per heavy atom. The highest BCUT2D eigenvalue weighted by atomic mass is 16.3. The van der Waals surface area contributed by atoms with Crippen LogP contribution in [0.3, 0.4) is 0 Å². The zero-order valence-electron chi connectivity index (χ0n) is 11.2. The third-order valence-electron chi connectivity index (χ3n) is 4.45. The topological polar surface area (TPSA) is 35.5 Å². The predicted octanol–water partition coefficient (Wildman–Crippen LogP) is 1.61. The maximum atomic E-state index is 9.76. The van der Waals surface area contributed by atoms with Crippen LogP contribution in [0.25, 0.3) is 0 Å². The molecule has 2 rings (SSSR count). The smallest absolute Gasteiger partial charge is 0.0667 e. The minimum Gasteiger partial charge on any atom is -0.392 e. The standard InChI is InChI=1S/C14H28N2O/c1-2-15-11-14(7-3-4-8-14)12-16-9-5-6-13(17)10-16/h13,15,17H,2-12H2,1H3. The zero-order valence-corrected chi connectivity index (χ0v) is 11.2. The normalized spacial score (nSPS) is 29.6. The quantitative estimate of drug-likeness (QED) is 0.766. The number of nitrogens with zero attached hydrogens (tertiary/aromatic N) is 1. The van der Waals surface area contributed by atoms with Gasteiger partial charge in [0.15, 0.2) is 0 Å². The largest absolute Gasteiger partial charge is 0.392 e. The summed E-state index contributed by atoms with van der Waals surface area (Å²) < 4.78 is 0. The highest BCUT2D eigenvalue weighted by Crippen LogP contribution is 2.38. The van der Waals surface area contributed by atoms with Crippen LogP contribution >= 0.6 is 0 Å². The van der Waals surface area contributed by atoms with E-state index >= 15 is 0 Å². The highest BCUT2D eigenvalue weighted by molar-refractivity contribution is 4.90. The lowest BCUT2D eigenvalue weighted by atomic mass is 9.84. The van der Waals surface area contributed by atoms with E-state index in [1.807, 2.05) is 0 Å². The van der Waals surface area contributed by atoms with Crippen molar-refractivity contribution in [3.63, 3.8) is 0 Å². The van der Waals surface area contributed by atoms with E-state index in [0.717, 1.165) is 26.1 Å². The van der Waals surface area contributed by atoms with Crippen molar-refractivity contribution >= 4 is 0 Å². The summed E-state index contributed by atoms with van der Waals surface area (Å²) in [5, 5.41) is 13.3. The Bertz CT molecular complexity index is 226. The summed E-state index contributed by atoms with van der Waals surface area (Å²) in [6.45, 7) is 7.70. The molecule has 2 N–H and O–H groups in total. The number of piperidine rings is 1. The van der Waals surface area contributed by atoms with Crippen molar-refractivity contribution in [1.82, 2.24) is 10.2 Å². The Balaban J connectivity index is 1.87. The molecule has 2 fully saturated rings.